The van der Waals surface area contributed by atoms with Crippen LogP contribution in [0.15, 0.2) is 60.8 Å². The number of benzene rings is 2. The number of nitrogens with zero attached hydrogens (tertiary/aromatic N) is 4. The molecule has 1 aliphatic rings. The second kappa shape index (κ2) is 8.25. The van der Waals surface area contributed by atoms with E-state index in [9.17, 15) is 20.2 Å². The molecule has 1 aliphatic heterocycles. The van der Waals surface area contributed by atoms with E-state index in [-0.39, 0.29) is 17.4 Å². The number of aryl methyl sites for hydroxylation is 1. The van der Waals surface area contributed by atoms with Gasteiger partial charge in [-0.1, -0.05) is 23.7 Å². The quantitative estimate of drug-likeness (QED) is 0.424. The summed E-state index contributed by atoms with van der Waals surface area (Å²) in [5.41, 5.74) is 2.49. The molecule has 30 heavy (non-hydrogen) atoms. The summed E-state index contributed by atoms with van der Waals surface area (Å²) in [6.07, 6.45) is 2.88. The average Bonchev–Trinajstić information content (AvgIpc) is 3.10. The van der Waals surface area contributed by atoms with Crippen LogP contribution in [0.3, 0.4) is 0 Å². The summed E-state index contributed by atoms with van der Waals surface area (Å²) < 4.78 is 2.15. The molecule has 0 bridgehead atoms. The first-order valence-corrected chi connectivity index (χ1v) is 9.88. The first kappa shape index (κ1) is 20.1. The third-order valence-electron chi connectivity index (χ3n) is 5.36. The first-order chi connectivity index (χ1) is 14.4. The number of hydrogen-bond donors (Lipinski definition) is 0. The van der Waals surface area contributed by atoms with Crippen molar-refractivity contribution in [3.05, 3.63) is 103 Å². The molecule has 0 saturated heterocycles. The highest BCUT2D eigenvalue weighted by molar-refractivity contribution is 6.31. The van der Waals surface area contributed by atoms with E-state index in [4.69, 9.17) is 11.6 Å². The number of aromatic nitrogens is 1. The molecule has 0 saturated carbocycles. The molecular weight excluding hydrogens is 408 g/mol. The predicted octanol–water partition coefficient (Wildman–Crippen LogP) is 4.95. The van der Waals surface area contributed by atoms with Crippen LogP contribution in [0.1, 0.15) is 29.3 Å². The lowest BCUT2D eigenvalue weighted by Crippen LogP contribution is -2.29. The lowest BCUT2D eigenvalue weighted by atomic mass is 10.0. The van der Waals surface area contributed by atoms with Crippen LogP contribution in [0.4, 0.5) is 11.4 Å². The molecule has 0 aliphatic carbocycles. The molecule has 1 aromatic heterocycles. The lowest BCUT2D eigenvalue weighted by Gasteiger charge is -2.30. The Morgan fingerprint density at radius 2 is 1.73 bits per heavy atom. The van der Waals surface area contributed by atoms with Gasteiger partial charge in [0.2, 0.25) is 0 Å². The first-order valence-electron chi connectivity index (χ1n) is 9.50. The number of halogens is 1. The van der Waals surface area contributed by atoms with Crippen molar-refractivity contribution in [1.29, 1.82) is 0 Å². The zero-order valence-electron chi connectivity index (χ0n) is 16.0. The molecule has 8 nitrogen and oxygen atoms in total. The SMILES string of the molecule is O=[N+]([O-])c1cccc(C2c3cccn3CCCN2Cc2cc([N+](=O)[O-])ccc2Cl)c1. The normalized spacial score (nSPS) is 16.6. The summed E-state index contributed by atoms with van der Waals surface area (Å²) >= 11 is 6.36. The van der Waals surface area contributed by atoms with Crippen molar-refractivity contribution >= 4 is 23.0 Å². The Morgan fingerprint density at radius 3 is 2.50 bits per heavy atom. The Morgan fingerprint density at radius 1 is 0.967 bits per heavy atom. The number of nitro groups is 2. The summed E-state index contributed by atoms with van der Waals surface area (Å²) in [7, 11) is 0. The average molecular weight is 427 g/mol. The van der Waals surface area contributed by atoms with Crippen molar-refractivity contribution in [1.82, 2.24) is 9.47 Å². The highest BCUT2D eigenvalue weighted by atomic mass is 35.5. The minimum Gasteiger partial charge on any atom is -0.350 e. The smallest absolute Gasteiger partial charge is 0.269 e. The van der Waals surface area contributed by atoms with Crippen LogP contribution < -0.4 is 0 Å². The maximum absolute atomic E-state index is 11.3. The fourth-order valence-electron chi connectivity index (χ4n) is 4.01. The molecule has 1 unspecified atom stereocenters. The molecule has 4 rings (SSSR count). The summed E-state index contributed by atoms with van der Waals surface area (Å²) in [5.74, 6) is 0. The Balaban J connectivity index is 1.78. The van der Waals surface area contributed by atoms with Gasteiger partial charge in [-0.2, -0.15) is 0 Å². The maximum atomic E-state index is 11.3. The predicted molar refractivity (Wildman–Crippen MR) is 113 cm³/mol. The fourth-order valence-corrected chi connectivity index (χ4v) is 4.19. The molecule has 0 fully saturated rings. The van der Waals surface area contributed by atoms with Crippen LogP contribution >= 0.6 is 11.6 Å². The second-order valence-electron chi connectivity index (χ2n) is 7.24. The number of nitro benzene ring substituents is 2. The van der Waals surface area contributed by atoms with Crippen molar-refractivity contribution in [2.24, 2.45) is 0 Å². The third-order valence-corrected chi connectivity index (χ3v) is 5.73. The van der Waals surface area contributed by atoms with Gasteiger partial charge in [0.1, 0.15) is 0 Å². The molecule has 0 amide bonds. The van der Waals surface area contributed by atoms with Crippen LogP contribution in [0.25, 0.3) is 0 Å². The van der Waals surface area contributed by atoms with E-state index in [1.54, 1.807) is 12.1 Å². The second-order valence-corrected chi connectivity index (χ2v) is 7.65. The van der Waals surface area contributed by atoms with Crippen LogP contribution in [-0.4, -0.2) is 25.9 Å². The van der Waals surface area contributed by atoms with Crippen LogP contribution in [0, 0.1) is 20.2 Å². The van der Waals surface area contributed by atoms with E-state index in [2.05, 4.69) is 9.47 Å². The maximum Gasteiger partial charge on any atom is 0.269 e. The van der Waals surface area contributed by atoms with Gasteiger partial charge in [0.05, 0.1) is 15.9 Å². The highest BCUT2D eigenvalue weighted by Gasteiger charge is 2.29. The molecule has 2 aromatic carbocycles. The molecule has 3 aromatic rings. The van der Waals surface area contributed by atoms with Crippen molar-refractivity contribution in [3.8, 4) is 0 Å². The zero-order valence-corrected chi connectivity index (χ0v) is 16.7. The molecule has 2 heterocycles. The topological polar surface area (TPSA) is 94.5 Å². The van der Waals surface area contributed by atoms with Gasteiger partial charge in [-0.15, -0.1) is 0 Å². The van der Waals surface area contributed by atoms with E-state index in [1.165, 1.54) is 24.3 Å². The Hall–Kier alpha value is -3.23. The van der Waals surface area contributed by atoms with Crippen LogP contribution in [0.2, 0.25) is 5.02 Å². The van der Waals surface area contributed by atoms with Gasteiger partial charge in [0.15, 0.2) is 0 Å². The summed E-state index contributed by atoms with van der Waals surface area (Å²) in [6, 6.07) is 14.8. The van der Waals surface area contributed by atoms with Crippen molar-refractivity contribution in [2.75, 3.05) is 6.54 Å². The summed E-state index contributed by atoms with van der Waals surface area (Å²) in [4.78, 5) is 23.9. The minimum absolute atomic E-state index is 0.0144. The molecule has 0 spiro atoms. The van der Waals surface area contributed by atoms with Gasteiger partial charge in [0, 0.05) is 60.8 Å². The molecular formula is C21H19ClN4O4. The largest absolute Gasteiger partial charge is 0.350 e. The standard InChI is InChI=1S/C21H19ClN4O4/c22-19-8-7-18(26(29)30)13-16(19)14-24-11-3-10-23-9-2-6-20(23)21(24)15-4-1-5-17(12-15)25(27)28/h1-2,4-9,12-13,21H,3,10-11,14H2. The molecule has 0 radical (unpaired) electrons. The van der Waals surface area contributed by atoms with Gasteiger partial charge < -0.3 is 4.57 Å². The summed E-state index contributed by atoms with van der Waals surface area (Å²) in [6.45, 7) is 1.93. The Kier molecular flexibility index (Phi) is 5.52. The number of fused-ring (bicyclic) bond motifs is 1. The minimum atomic E-state index is -0.439. The Labute approximate surface area is 177 Å². The third kappa shape index (κ3) is 3.92. The van der Waals surface area contributed by atoms with E-state index in [1.807, 2.05) is 24.4 Å². The highest BCUT2D eigenvalue weighted by Crippen LogP contribution is 2.35. The van der Waals surface area contributed by atoms with E-state index in [0.29, 0.717) is 23.7 Å². The zero-order chi connectivity index (χ0) is 21.3. The van der Waals surface area contributed by atoms with Crippen LogP contribution in [0.5, 0.6) is 0 Å². The molecule has 1 atom stereocenters. The van der Waals surface area contributed by atoms with Crippen molar-refractivity contribution in [3.63, 3.8) is 0 Å². The van der Waals surface area contributed by atoms with E-state index >= 15 is 0 Å². The van der Waals surface area contributed by atoms with Gasteiger partial charge in [0.25, 0.3) is 11.4 Å². The lowest BCUT2D eigenvalue weighted by molar-refractivity contribution is -0.385. The number of hydrogen-bond acceptors (Lipinski definition) is 5. The van der Waals surface area contributed by atoms with Crippen molar-refractivity contribution < 1.29 is 9.85 Å². The van der Waals surface area contributed by atoms with Gasteiger partial charge >= 0.3 is 0 Å². The molecule has 154 valence electrons. The van der Waals surface area contributed by atoms with Crippen molar-refractivity contribution in [2.45, 2.75) is 25.6 Å². The number of non-ortho nitro benzene ring substituents is 2. The Bertz CT molecular complexity index is 1110. The van der Waals surface area contributed by atoms with Crippen LogP contribution in [-0.2, 0) is 13.1 Å². The van der Waals surface area contributed by atoms with Gasteiger partial charge in [-0.3, -0.25) is 25.1 Å². The molecule has 0 N–H and O–H groups in total. The number of rotatable bonds is 5. The summed E-state index contributed by atoms with van der Waals surface area (Å²) in [5, 5.41) is 23.0. The van der Waals surface area contributed by atoms with E-state index < -0.39 is 9.85 Å². The van der Waals surface area contributed by atoms with Gasteiger partial charge in [-0.05, 0) is 35.7 Å². The van der Waals surface area contributed by atoms with Gasteiger partial charge in [-0.25, -0.2) is 0 Å². The monoisotopic (exact) mass is 426 g/mol. The van der Waals surface area contributed by atoms with E-state index in [0.717, 1.165) is 24.2 Å². The molecule has 9 heteroatoms. The fraction of sp³-hybridized carbons (Fsp3) is 0.238.